The van der Waals surface area contributed by atoms with Crippen LogP contribution in [0.25, 0.3) is 91.9 Å². The molecule has 0 bridgehead atoms. The molecule has 8 heteroatoms. The van der Waals surface area contributed by atoms with Gasteiger partial charge >= 0.3 is 0 Å². The summed E-state index contributed by atoms with van der Waals surface area (Å²) >= 11 is 11.8. The fourth-order valence-corrected chi connectivity index (χ4v) is 19.9. The van der Waals surface area contributed by atoms with Gasteiger partial charge in [-0.15, -0.1) is 68.0 Å². The summed E-state index contributed by atoms with van der Waals surface area (Å²) in [4.78, 5) is 43.8. The van der Waals surface area contributed by atoms with Gasteiger partial charge in [-0.2, -0.15) is 0 Å². The minimum atomic E-state index is 0.136. The first-order valence-electron chi connectivity index (χ1n) is 30.6. The van der Waals surface area contributed by atoms with Crippen molar-refractivity contribution in [2.75, 3.05) is 0 Å². The molecule has 0 atom stereocenters. The third kappa shape index (κ3) is 11.7. The van der Waals surface area contributed by atoms with Crippen molar-refractivity contribution in [2.24, 2.45) is 0 Å². The molecule has 0 amide bonds. The lowest BCUT2D eigenvalue weighted by molar-refractivity contribution is 0.103. The summed E-state index contributed by atoms with van der Waals surface area (Å²) in [5, 5.41) is 0. The van der Waals surface area contributed by atoms with E-state index in [1.165, 1.54) is 178 Å². The highest BCUT2D eigenvalue weighted by Crippen LogP contribution is 2.53. The molecule has 0 N–H and O–H groups in total. The van der Waals surface area contributed by atoms with Gasteiger partial charge in [0, 0.05) is 80.8 Å². The maximum Gasteiger partial charge on any atom is 0.194 e. The van der Waals surface area contributed by atoms with Crippen molar-refractivity contribution in [3.8, 4) is 91.9 Å². The molecule has 0 aliphatic heterocycles. The van der Waals surface area contributed by atoms with Crippen LogP contribution in [0.1, 0.15) is 185 Å². The molecule has 0 unspecified atom stereocenters. The summed E-state index contributed by atoms with van der Waals surface area (Å²) in [6.45, 7) is 9.23. The highest BCUT2D eigenvalue weighted by molar-refractivity contribution is 7.31. The van der Waals surface area contributed by atoms with Crippen LogP contribution in [-0.4, -0.2) is 11.6 Å². The summed E-state index contributed by atoms with van der Waals surface area (Å²) in [5.74, 6) is 0.283. The summed E-state index contributed by atoms with van der Waals surface area (Å²) in [6.07, 6.45) is 24.2. The molecule has 82 heavy (non-hydrogen) atoms. The second-order valence-electron chi connectivity index (χ2n) is 22.7. The van der Waals surface area contributed by atoms with Crippen molar-refractivity contribution in [3.05, 3.63) is 178 Å². The van der Waals surface area contributed by atoms with Crippen molar-refractivity contribution < 1.29 is 9.59 Å². The van der Waals surface area contributed by atoms with E-state index in [0.29, 0.717) is 0 Å². The molecule has 2 nitrogen and oxygen atoms in total. The number of hydrogen-bond donors (Lipinski definition) is 0. The van der Waals surface area contributed by atoms with E-state index in [-0.39, 0.29) is 11.6 Å². The Labute approximate surface area is 511 Å². The van der Waals surface area contributed by atoms with Crippen LogP contribution in [0.5, 0.6) is 0 Å². The van der Waals surface area contributed by atoms with E-state index in [1.807, 2.05) is 104 Å². The normalized spacial score (nSPS) is 12.4. The molecule has 10 aromatic rings. The zero-order valence-corrected chi connectivity index (χ0v) is 53.0. The molecule has 0 fully saturated rings. The summed E-state index contributed by atoms with van der Waals surface area (Å²) < 4.78 is 0. The van der Waals surface area contributed by atoms with Gasteiger partial charge in [0.15, 0.2) is 11.6 Å². The van der Waals surface area contributed by atoms with E-state index >= 15 is 0 Å². The number of benzene rings is 4. The van der Waals surface area contributed by atoms with Crippen molar-refractivity contribution in [2.45, 2.75) is 156 Å². The Hall–Kier alpha value is -5.58. The number of hydrogen-bond acceptors (Lipinski definition) is 8. The number of rotatable bonds is 27. The van der Waals surface area contributed by atoms with Gasteiger partial charge in [-0.3, -0.25) is 9.59 Å². The van der Waals surface area contributed by atoms with Crippen LogP contribution in [0.4, 0.5) is 0 Å². The van der Waals surface area contributed by atoms with Crippen LogP contribution in [-0.2, 0) is 25.7 Å². The minimum Gasteiger partial charge on any atom is -0.289 e. The number of unbranched alkanes of at least 4 members (excludes halogenated alkanes) is 12. The van der Waals surface area contributed by atoms with E-state index in [9.17, 15) is 9.59 Å². The molecular weight excluding hydrogens is 1110 g/mol. The third-order valence-corrected chi connectivity index (χ3v) is 24.8. The van der Waals surface area contributed by atoms with Crippen molar-refractivity contribution in [1.29, 1.82) is 0 Å². The van der Waals surface area contributed by atoms with E-state index in [2.05, 4.69) is 125 Å². The molecule has 418 valence electrons. The zero-order chi connectivity index (χ0) is 56.1. The van der Waals surface area contributed by atoms with Crippen LogP contribution in [0.3, 0.4) is 0 Å². The summed E-state index contributed by atoms with van der Waals surface area (Å²) in [5.41, 5.74) is 15.9. The Morgan fingerprint density at radius 2 is 0.659 bits per heavy atom. The predicted molar refractivity (Wildman–Crippen MR) is 361 cm³/mol. The SMILES string of the molecule is CCCCCCc1cc(-c2sc(-c3ccc(-c4ccc(-c5sc(-c6ccc(-c7ccc8c(c7)C(=O)c7ccccc7-8)s6)c(CCCCCC)c5CCCCCC)s4)s3)cc2CCCCCC)sc1-c1ccc2c(c1)C(=O)c1ccccc1-2. The monoisotopic (exact) mass is 1190 g/mol. The molecular formula is C74H74O2S6. The average molecular weight is 1190 g/mol. The Morgan fingerprint density at radius 3 is 1.20 bits per heavy atom. The van der Waals surface area contributed by atoms with Gasteiger partial charge in [-0.25, -0.2) is 0 Å². The smallest absolute Gasteiger partial charge is 0.194 e. The largest absolute Gasteiger partial charge is 0.289 e. The quantitative estimate of drug-likeness (QED) is 0.0481. The molecule has 0 saturated heterocycles. The highest BCUT2D eigenvalue weighted by atomic mass is 32.1. The van der Waals surface area contributed by atoms with Crippen LogP contribution < -0.4 is 0 Å². The van der Waals surface area contributed by atoms with Crippen molar-refractivity contribution >= 4 is 79.6 Å². The predicted octanol–water partition coefficient (Wildman–Crippen LogP) is 24.6. The maximum absolute atomic E-state index is 13.8. The van der Waals surface area contributed by atoms with Gasteiger partial charge in [-0.1, -0.05) is 178 Å². The second kappa shape index (κ2) is 26.1. The van der Waals surface area contributed by atoms with Gasteiger partial charge in [0.1, 0.15) is 0 Å². The van der Waals surface area contributed by atoms with Crippen molar-refractivity contribution in [3.63, 3.8) is 0 Å². The van der Waals surface area contributed by atoms with Crippen LogP contribution in [0.2, 0.25) is 0 Å². The number of ketones is 2. The first kappa shape index (κ1) is 56.9. The standard InChI is InChI=1S/C74H74O2S6/c1-5-9-13-17-25-48-46-68(81-71(48)50-34-36-54-52-28-22-24-30-56(52)70(76)60(54)44-50)72-49(26-18-14-10-6-2)45-67(80-72)64-39-38-62(78-64)63-40-42-66(79-63)74-58(32-20-16-12-8-4)57(31-19-15-11-7-3)73(82-74)65-41-37-61(77-65)47-33-35-53-51-27-21-23-29-55(51)69(75)59(53)43-47/h21-24,27-30,33-46H,5-20,25-26,31-32H2,1-4H3. The number of fused-ring (bicyclic) bond motifs is 6. The molecule has 6 aromatic heterocycles. The first-order chi connectivity index (χ1) is 40.3. The Bertz CT molecular complexity index is 3890. The Kier molecular flexibility index (Phi) is 18.1. The van der Waals surface area contributed by atoms with E-state index in [4.69, 9.17) is 0 Å². The van der Waals surface area contributed by atoms with E-state index in [0.717, 1.165) is 75.8 Å². The van der Waals surface area contributed by atoms with Crippen LogP contribution in [0, 0.1) is 0 Å². The maximum atomic E-state index is 13.8. The molecule has 0 radical (unpaired) electrons. The van der Waals surface area contributed by atoms with Gasteiger partial charge in [0.25, 0.3) is 0 Å². The highest BCUT2D eigenvalue weighted by Gasteiger charge is 2.30. The zero-order valence-electron chi connectivity index (χ0n) is 48.1. The number of carbonyl (C=O) groups excluding carboxylic acids is 2. The molecule has 0 saturated carbocycles. The summed E-state index contributed by atoms with van der Waals surface area (Å²) in [6, 6.07) is 48.6. The number of carbonyl (C=O) groups is 2. The molecule has 2 aliphatic carbocycles. The molecule has 2 aliphatic rings. The topological polar surface area (TPSA) is 34.1 Å². The number of thiophene rings is 6. The fourth-order valence-electron chi connectivity index (χ4n) is 12.4. The Morgan fingerprint density at radius 1 is 0.268 bits per heavy atom. The lowest BCUT2D eigenvalue weighted by Crippen LogP contribution is -1.95. The van der Waals surface area contributed by atoms with E-state index in [1.54, 1.807) is 11.1 Å². The van der Waals surface area contributed by atoms with Gasteiger partial charge < -0.3 is 0 Å². The Balaban J connectivity index is 0.864. The van der Waals surface area contributed by atoms with Crippen molar-refractivity contribution in [1.82, 2.24) is 0 Å². The summed E-state index contributed by atoms with van der Waals surface area (Å²) in [7, 11) is 0. The lowest BCUT2D eigenvalue weighted by Gasteiger charge is -2.09. The van der Waals surface area contributed by atoms with Crippen LogP contribution in [0.15, 0.2) is 133 Å². The number of aryl methyl sites for hydroxylation is 2. The lowest BCUT2D eigenvalue weighted by atomic mass is 9.96. The molecule has 6 heterocycles. The average Bonchev–Trinajstić information content (AvgIpc) is 4.51. The van der Waals surface area contributed by atoms with E-state index < -0.39 is 0 Å². The third-order valence-electron chi connectivity index (χ3n) is 16.9. The molecule has 0 spiro atoms. The van der Waals surface area contributed by atoms with Gasteiger partial charge in [0.2, 0.25) is 0 Å². The van der Waals surface area contributed by atoms with Gasteiger partial charge in [-0.05, 0) is 168 Å². The first-order valence-corrected chi connectivity index (χ1v) is 35.5. The molecule has 12 rings (SSSR count). The fraction of sp³-hybridized carbons (Fsp3) is 0.324. The minimum absolute atomic E-state index is 0.136. The molecule has 4 aromatic carbocycles. The van der Waals surface area contributed by atoms with Gasteiger partial charge in [0.05, 0.1) is 0 Å². The van der Waals surface area contributed by atoms with Crippen LogP contribution >= 0.6 is 68.0 Å². The second-order valence-corrected chi connectivity index (χ2v) is 29.0.